The smallest absolute Gasteiger partial charge is 0.207 e. The van der Waals surface area contributed by atoms with Crippen molar-refractivity contribution < 1.29 is 8.42 Å². The van der Waals surface area contributed by atoms with Crippen LogP contribution >= 0.6 is 23.1 Å². The fraction of sp³-hybridized carbons (Fsp3) is 0.412. The van der Waals surface area contributed by atoms with E-state index in [0.29, 0.717) is 17.6 Å². The first kappa shape index (κ1) is 17.1. The van der Waals surface area contributed by atoms with Gasteiger partial charge in [-0.1, -0.05) is 18.9 Å². The van der Waals surface area contributed by atoms with E-state index in [1.807, 2.05) is 0 Å². The Bertz CT molecular complexity index is 993. The molecule has 4 rings (SSSR count). The van der Waals surface area contributed by atoms with E-state index >= 15 is 0 Å². The predicted molar refractivity (Wildman–Crippen MR) is 102 cm³/mol. The predicted octanol–water partition coefficient (Wildman–Crippen LogP) is 4.37. The minimum atomic E-state index is -3.63. The summed E-state index contributed by atoms with van der Waals surface area (Å²) in [5.74, 6) is 0. The maximum atomic E-state index is 13.5. The normalized spacial score (nSPS) is 20.0. The van der Waals surface area contributed by atoms with Gasteiger partial charge in [-0.15, -0.1) is 11.3 Å². The third kappa shape index (κ3) is 3.12. The average Bonchev–Trinajstić information content (AvgIpc) is 3.16. The molecule has 5 nitrogen and oxygen atoms in total. The summed E-state index contributed by atoms with van der Waals surface area (Å²) in [7, 11) is -3.63. The molecule has 1 aliphatic rings. The molecule has 0 spiro atoms. The highest BCUT2D eigenvalue weighted by atomic mass is 32.2. The van der Waals surface area contributed by atoms with Crippen LogP contribution in [-0.4, -0.2) is 28.0 Å². The molecule has 0 unspecified atom stereocenters. The Morgan fingerprint density at radius 3 is 2.80 bits per heavy atom. The molecule has 0 amide bonds. The summed E-state index contributed by atoms with van der Waals surface area (Å²) in [6.07, 6.45) is 3.88. The largest absolute Gasteiger partial charge is 0.245 e. The van der Waals surface area contributed by atoms with Crippen molar-refractivity contribution >= 4 is 44.1 Å². The summed E-state index contributed by atoms with van der Waals surface area (Å²) in [6, 6.07) is 9.26. The third-order valence-electron chi connectivity index (χ3n) is 4.63. The molecule has 2 aromatic heterocycles. The van der Waals surface area contributed by atoms with Crippen LogP contribution in [0.25, 0.3) is 11.0 Å². The average molecular weight is 394 g/mol. The van der Waals surface area contributed by atoms with Crippen LogP contribution in [0.2, 0.25) is 0 Å². The molecular formula is C17H19N3O2S3. The summed E-state index contributed by atoms with van der Waals surface area (Å²) in [6.45, 7) is 2.61. The number of aromatic nitrogens is 2. The molecule has 0 radical (unpaired) electrons. The van der Waals surface area contributed by atoms with E-state index in [1.165, 1.54) is 4.88 Å². The number of aryl methyl sites for hydroxylation is 1. The molecule has 1 atom stereocenters. The Balaban J connectivity index is 1.82. The van der Waals surface area contributed by atoms with Crippen molar-refractivity contribution in [1.82, 2.24) is 13.1 Å². The van der Waals surface area contributed by atoms with Crippen molar-refractivity contribution in [1.29, 1.82) is 0 Å². The lowest BCUT2D eigenvalue weighted by atomic mass is 10.1. The summed E-state index contributed by atoms with van der Waals surface area (Å²) in [4.78, 5) is 2.62. The van der Waals surface area contributed by atoms with Crippen molar-refractivity contribution in [3.05, 3.63) is 40.1 Å². The van der Waals surface area contributed by atoms with Gasteiger partial charge in [0.1, 0.15) is 15.9 Å². The number of hydrogen-bond donors (Lipinski definition) is 0. The van der Waals surface area contributed by atoms with Gasteiger partial charge in [0.2, 0.25) is 10.0 Å². The number of hydrogen-bond acceptors (Lipinski definition) is 6. The van der Waals surface area contributed by atoms with Crippen LogP contribution in [0.5, 0.6) is 0 Å². The highest BCUT2D eigenvalue weighted by Gasteiger charge is 2.35. The molecule has 3 aromatic rings. The van der Waals surface area contributed by atoms with Crippen LogP contribution in [0.15, 0.2) is 35.2 Å². The molecule has 1 aliphatic heterocycles. The summed E-state index contributed by atoms with van der Waals surface area (Å²) in [5.41, 5.74) is 1.13. The Kier molecular flexibility index (Phi) is 4.61. The third-order valence-corrected chi connectivity index (χ3v) is 8.21. The Hall–Kier alpha value is -1.35. The van der Waals surface area contributed by atoms with Crippen LogP contribution < -0.4 is 0 Å². The number of sulfonamides is 1. The second-order valence-corrected chi connectivity index (χ2v) is 10.0. The molecule has 132 valence electrons. The van der Waals surface area contributed by atoms with Crippen molar-refractivity contribution in [3.63, 3.8) is 0 Å². The van der Waals surface area contributed by atoms with Gasteiger partial charge < -0.3 is 0 Å². The Labute approximate surface area is 155 Å². The lowest BCUT2D eigenvalue weighted by Crippen LogP contribution is -2.34. The minimum Gasteiger partial charge on any atom is -0.207 e. The number of fused-ring (bicyclic) bond motifs is 1. The fourth-order valence-electron chi connectivity index (χ4n) is 3.40. The molecule has 0 bridgehead atoms. The van der Waals surface area contributed by atoms with E-state index in [0.717, 1.165) is 42.3 Å². The summed E-state index contributed by atoms with van der Waals surface area (Å²) < 4.78 is 37.1. The van der Waals surface area contributed by atoms with Gasteiger partial charge in [0.25, 0.3) is 0 Å². The van der Waals surface area contributed by atoms with Crippen LogP contribution in [0, 0.1) is 6.92 Å². The van der Waals surface area contributed by atoms with Gasteiger partial charge in [-0.05, 0) is 44.0 Å². The highest BCUT2D eigenvalue weighted by molar-refractivity contribution is 7.89. The standard InChI is InChI=1S/C17H19N3O2S3/c1-12-9-10-15(23-12)14-7-3-2-4-11-20(14)25(21,22)16-8-5-6-13-17(16)19-24-18-13/h5-6,8-10,14H,2-4,7,11H2,1H3/t14-/m1/s1. The van der Waals surface area contributed by atoms with Crippen LogP contribution in [0.1, 0.15) is 41.5 Å². The molecule has 0 N–H and O–H groups in total. The lowest BCUT2D eigenvalue weighted by molar-refractivity contribution is 0.333. The van der Waals surface area contributed by atoms with Gasteiger partial charge >= 0.3 is 0 Å². The molecule has 3 heterocycles. The SMILES string of the molecule is Cc1ccc([C@H]2CCCCCN2S(=O)(=O)c2cccc3nsnc23)s1. The molecule has 0 saturated carbocycles. The maximum absolute atomic E-state index is 13.5. The van der Waals surface area contributed by atoms with Crippen LogP contribution in [-0.2, 0) is 10.0 Å². The first-order valence-corrected chi connectivity index (χ1v) is 11.4. The number of rotatable bonds is 3. The number of benzene rings is 1. The van der Waals surface area contributed by atoms with Crippen molar-refractivity contribution in [2.45, 2.75) is 43.5 Å². The van der Waals surface area contributed by atoms with Crippen molar-refractivity contribution in [2.24, 2.45) is 0 Å². The zero-order valence-electron chi connectivity index (χ0n) is 13.9. The molecular weight excluding hydrogens is 374 g/mol. The van der Waals surface area contributed by atoms with Crippen LogP contribution in [0.4, 0.5) is 0 Å². The van der Waals surface area contributed by atoms with Gasteiger partial charge in [-0.2, -0.15) is 13.1 Å². The summed E-state index contributed by atoms with van der Waals surface area (Å²) >= 11 is 2.75. The zero-order valence-corrected chi connectivity index (χ0v) is 16.3. The fourth-order valence-corrected chi connectivity index (χ4v) is 6.92. The van der Waals surface area contributed by atoms with Crippen molar-refractivity contribution in [3.8, 4) is 0 Å². The quantitative estimate of drug-likeness (QED) is 0.663. The molecule has 25 heavy (non-hydrogen) atoms. The molecule has 1 aromatic carbocycles. The van der Waals surface area contributed by atoms with E-state index in [-0.39, 0.29) is 10.9 Å². The number of thiophene rings is 1. The van der Waals surface area contributed by atoms with Crippen molar-refractivity contribution in [2.75, 3.05) is 6.54 Å². The maximum Gasteiger partial charge on any atom is 0.245 e. The second-order valence-electron chi connectivity index (χ2n) is 6.32. The Morgan fingerprint density at radius 1 is 1.12 bits per heavy atom. The van der Waals surface area contributed by atoms with E-state index in [9.17, 15) is 8.42 Å². The van der Waals surface area contributed by atoms with Gasteiger partial charge in [0.05, 0.1) is 17.8 Å². The molecule has 1 fully saturated rings. The van der Waals surface area contributed by atoms with E-state index in [2.05, 4.69) is 27.8 Å². The van der Waals surface area contributed by atoms with Gasteiger partial charge in [0, 0.05) is 16.3 Å². The highest BCUT2D eigenvalue weighted by Crippen LogP contribution is 2.38. The monoisotopic (exact) mass is 393 g/mol. The molecule has 8 heteroatoms. The van der Waals surface area contributed by atoms with E-state index < -0.39 is 10.0 Å². The minimum absolute atomic E-state index is 0.0898. The van der Waals surface area contributed by atoms with Gasteiger partial charge in [-0.25, -0.2) is 8.42 Å². The van der Waals surface area contributed by atoms with E-state index in [1.54, 1.807) is 33.8 Å². The van der Waals surface area contributed by atoms with E-state index in [4.69, 9.17) is 0 Å². The van der Waals surface area contributed by atoms with Gasteiger partial charge in [0.15, 0.2) is 0 Å². The summed E-state index contributed by atoms with van der Waals surface area (Å²) in [5, 5.41) is 0. The van der Waals surface area contributed by atoms with Gasteiger partial charge in [-0.3, -0.25) is 0 Å². The first-order chi connectivity index (χ1) is 12.1. The zero-order chi connectivity index (χ0) is 17.4. The Morgan fingerprint density at radius 2 is 2.00 bits per heavy atom. The second kappa shape index (κ2) is 6.75. The molecule has 1 saturated heterocycles. The van der Waals surface area contributed by atoms with Crippen LogP contribution in [0.3, 0.4) is 0 Å². The first-order valence-electron chi connectivity index (χ1n) is 8.37. The topological polar surface area (TPSA) is 63.2 Å². The molecule has 0 aliphatic carbocycles. The number of nitrogens with zero attached hydrogens (tertiary/aromatic N) is 3. The lowest BCUT2D eigenvalue weighted by Gasteiger charge is -2.28.